The summed E-state index contributed by atoms with van der Waals surface area (Å²) < 4.78 is 41.6. The average Bonchev–Trinajstić information content (AvgIpc) is 2.71. The predicted octanol–water partition coefficient (Wildman–Crippen LogP) is 2.21. The highest BCUT2D eigenvalue weighted by atomic mass is 19.4. The van der Waals surface area contributed by atoms with Crippen molar-refractivity contribution in [3.8, 4) is 0 Å². The van der Waals surface area contributed by atoms with Crippen LogP contribution in [0, 0.1) is 5.92 Å². The van der Waals surface area contributed by atoms with Gasteiger partial charge in [-0.05, 0) is 18.5 Å². The van der Waals surface area contributed by atoms with Gasteiger partial charge in [0, 0.05) is 12.7 Å². The molecule has 0 aliphatic heterocycles. The lowest BCUT2D eigenvalue weighted by molar-refractivity contribution is -0.174. The van der Waals surface area contributed by atoms with Crippen LogP contribution in [-0.4, -0.2) is 35.7 Å². The summed E-state index contributed by atoms with van der Waals surface area (Å²) in [6, 6.07) is 1.84. The Kier molecular flexibility index (Phi) is 6.30. The molecule has 1 heterocycles. The number of nitrogens with zero attached hydrogens (tertiary/aromatic N) is 2. The molecule has 1 aromatic heterocycles. The van der Waals surface area contributed by atoms with Crippen LogP contribution >= 0.6 is 0 Å². The molecule has 0 amide bonds. The molecular weight excluding hydrogens is 259 g/mol. The van der Waals surface area contributed by atoms with Crippen molar-refractivity contribution in [2.75, 3.05) is 19.8 Å². The number of halogens is 3. The molecule has 0 aliphatic carbocycles. The molecule has 19 heavy (non-hydrogen) atoms. The highest BCUT2D eigenvalue weighted by Gasteiger charge is 2.27. The molecule has 1 aromatic rings. The van der Waals surface area contributed by atoms with Crippen LogP contribution in [0.25, 0.3) is 0 Å². The van der Waals surface area contributed by atoms with Crippen LogP contribution in [0.5, 0.6) is 0 Å². The Hall–Kier alpha value is -1.08. The van der Waals surface area contributed by atoms with Gasteiger partial charge in [0.25, 0.3) is 0 Å². The van der Waals surface area contributed by atoms with Crippen molar-refractivity contribution >= 4 is 0 Å². The van der Waals surface area contributed by atoms with Crippen molar-refractivity contribution in [2.24, 2.45) is 5.92 Å². The number of rotatable bonds is 8. The summed E-state index contributed by atoms with van der Waals surface area (Å²) in [5.41, 5.74) is 0.872. The van der Waals surface area contributed by atoms with E-state index in [9.17, 15) is 13.2 Å². The molecule has 0 spiro atoms. The number of alkyl halides is 3. The largest absolute Gasteiger partial charge is 0.411 e. The van der Waals surface area contributed by atoms with Gasteiger partial charge in [-0.25, -0.2) is 0 Å². The molecule has 0 atom stereocenters. The number of ether oxygens (including phenoxy) is 1. The summed E-state index contributed by atoms with van der Waals surface area (Å²) in [5, 5.41) is 7.48. The maximum Gasteiger partial charge on any atom is 0.411 e. The minimum absolute atomic E-state index is 0.0000522. The Morgan fingerprint density at radius 1 is 1.42 bits per heavy atom. The summed E-state index contributed by atoms with van der Waals surface area (Å²) >= 11 is 0. The molecule has 0 aliphatic rings. The quantitative estimate of drug-likeness (QED) is 0.742. The lowest BCUT2D eigenvalue weighted by atomic mass is 10.2. The molecular formula is C12H20F3N3O. The highest BCUT2D eigenvalue weighted by molar-refractivity contribution is 4.98. The van der Waals surface area contributed by atoms with Crippen LogP contribution in [0.4, 0.5) is 13.2 Å². The molecule has 7 heteroatoms. The molecule has 0 fully saturated rings. The van der Waals surface area contributed by atoms with Gasteiger partial charge < -0.3 is 10.1 Å². The lowest BCUT2D eigenvalue weighted by Gasteiger charge is -2.07. The second kappa shape index (κ2) is 7.49. The van der Waals surface area contributed by atoms with E-state index in [-0.39, 0.29) is 6.61 Å². The maximum absolute atomic E-state index is 11.8. The third-order valence-electron chi connectivity index (χ3n) is 2.29. The van der Waals surface area contributed by atoms with Crippen LogP contribution in [0.2, 0.25) is 0 Å². The van der Waals surface area contributed by atoms with Gasteiger partial charge in [0.1, 0.15) is 6.61 Å². The Balaban J connectivity index is 2.19. The van der Waals surface area contributed by atoms with Gasteiger partial charge in [-0.15, -0.1) is 0 Å². The molecule has 0 radical (unpaired) electrons. The fourth-order valence-corrected chi connectivity index (χ4v) is 1.46. The van der Waals surface area contributed by atoms with Crippen molar-refractivity contribution in [3.05, 3.63) is 18.0 Å². The Bertz CT molecular complexity index is 363. The number of hydrogen-bond acceptors (Lipinski definition) is 3. The van der Waals surface area contributed by atoms with E-state index in [1.165, 1.54) is 0 Å². The van der Waals surface area contributed by atoms with Gasteiger partial charge in [0.15, 0.2) is 0 Å². The Morgan fingerprint density at radius 3 is 2.79 bits per heavy atom. The first-order valence-corrected chi connectivity index (χ1v) is 6.24. The first kappa shape index (κ1) is 16.0. The maximum atomic E-state index is 11.8. The SMILES string of the molecule is CC(C)CNCc1ccn(CCOCC(F)(F)F)n1. The van der Waals surface area contributed by atoms with E-state index in [2.05, 4.69) is 29.0 Å². The van der Waals surface area contributed by atoms with Crippen molar-refractivity contribution in [3.63, 3.8) is 0 Å². The van der Waals surface area contributed by atoms with E-state index in [4.69, 9.17) is 0 Å². The van der Waals surface area contributed by atoms with Gasteiger partial charge in [-0.1, -0.05) is 13.8 Å². The zero-order chi connectivity index (χ0) is 14.3. The zero-order valence-corrected chi connectivity index (χ0v) is 11.2. The topological polar surface area (TPSA) is 39.1 Å². The van der Waals surface area contributed by atoms with E-state index < -0.39 is 12.8 Å². The fourth-order valence-electron chi connectivity index (χ4n) is 1.46. The van der Waals surface area contributed by atoms with E-state index >= 15 is 0 Å². The van der Waals surface area contributed by atoms with Gasteiger partial charge in [0.2, 0.25) is 0 Å². The molecule has 1 N–H and O–H groups in total. The lowest BCUT2D eigenvalue weighted by Crippen LogP contribution is -2.20. The van der Waals surface area contributed by atoms with Gasteiger partial charge in [-0.2, -0.15) is 18.3 Å². The molecule has 0 saturated carbocycles. The zero-order valence-electron chi connectivity index (χ0n) is 11.2. The Labute approximate surface area is 110 Å². The summed E-state index contributed by atoms with van der Waals surface area (Å²) in [5.74, 6) is 0.567. The number of hydrogen-bond donors (Lipinski definition) is 1. The van der Waals surface area contributed by atoms with Gasteiger partial charge in [-0.3, -0.25) is 4.68 Å². The summed E-state index contributed by atoms with van der Waals surface area (Å²) in [7, 11) is 0. The van der Waals surface area contributed by atoms with Crippen LogP contribution < -0.4 is 5.32 Å². The molecule has 1 rings (SSSR count). The van der Waals surface area contributed by atoms with Crippen molar-refractivity contribution in [1.29, 1.82) is 0 Å². The molecule has 0 bridgehead atoms. The summed E-state index contributed by atoms with van der Waals surface area (Å²) in [6.45, 7) is 4.90. The van der Waals surface area contributed by atoms with Gasteiger partial charge >= 0.3 is 6.18 Å². The average molecular weight is 279 g/mol. The third kappa shape index (κ3) is 7.84. The van der Waals surface area contributed by atoms with Crippen LogP contribution in [-0.2, 0) is 17.8 Å². The minimum atomic E-state index is -4.27. The predicted molar refractivity (Wildman–Crippen MR) is 65.6 cm³/mol. The van der Waals surface area contributed by atoms with E-state index in [0.717, 1.165) is 12.2 Å². The fraction of sp³-hybridized carbons (Fsp3) is 0.750. The van der Waals surface area contributed by atoms with E-state index in [1.54, 1.807) is 10.9 Å². The first-order valence-electron chi connectivity index (χ1n) is 6.24. The van der Waals surface area contributed by atoms with E-state index in [1.807, 2.05) is 6.07 Å². The van der Waals surface area contributed by atoms with Crippen molar-refractivity contribution < 1.29 is 17.9 Å². The molecule has 110 valence electrons. The first-order chi connectivity index (χ1) is 8.87. The van der Waals surface area contributed by atoms with Crippen LogP contribution in [0.1, 0.15) is 19.5 Å². The molecule has 0 unspecified atom stereocenters. The second-order valence-corrected chi connectivity index (χ2v) is 4.76. The second-order valence-electron chi connectivity index (χ2n) is 4.76. The summed E-state index contributed by atoms with van der Waals surface area (Å²) in [6.07, 6.45) is -2.53. The standard InChI is InChI=1S/C12H20F3N3O/c1-10(2)7-16-8-11-3-4-18(17-11)5-6-19-9-12(13,14)15/h3-4,10,16H,5-9H2,1-2H3. The highest BCUT2D eigenvalue weighted by Crippen LogP contribution is 2.14. The van der Waals surface area contributed by atoms with Crippen LogP contribution in [0.15, 0.2) is 12.3 Å². The van der Waals surface area contributed by atoms with Gasteiger partial charge in [0.05, 0.1) is 18.8 Å². The Morgan fingerprint density at radius 2 is 2.16 bits per heavy atom. The van der Waals surface area contributed by atoms with Crippen molar-refractivity contribution in [1.82, 2.24) is 15.1 Å². The van der Waals surface area contributed by atoms with Crippen LogP contribution in [0.3, 0.4) is 0 Å². The monoisotopic (exact) mass is 279 g/mol. The normalized spacial score (nSPS) is 12.3. The van der Waals surface area contributed by atoms with Crippen molar-refractivity contribution in [2.45, 2.75) is 33.1 Å². The number of nitrogens with one attached hydrogen (secondary N) is 1. The smallest absolute Gasteiger partial charge is 0.370 e. The third-order valence-corrected chi connectivity index (χ3v) is 2.29. The summed E-state index contributed by atoms with van der Waals surface area (Å²) in [4.78, 5) is 0. The molecule has 0 saturated heterocycles. The van der Waals surface area contributed by atoms with E-state index in [0.29, 0.717) is 19.0 Å². The number of aromatic nitrogens is 2. The minimum Gasteiger partial charge on any atom is -0.370 e. The molecule has 0 aromatic carbocycles. The molecule has 4 nitrogen and oxygen atoms in total.